The highest BCUT2D eigenvalue weighted by molar-refractivity contribution is 6.27. The van der Waals surface area contributed by atoms with Crippen molar-refractivity contribution in [2.24, 2.45) is 0 Å². The molecule has 5 N–H and O–H groups in total. The molecule has 1 unspecified atom stereocenters. The quantitative estimate of drug-likeness (QED) is 0.285. The summed E-state index contributed by atoms with van der Waals surface area (Å²) in [5.74, 6) is -4.74. The molecule has 3 rings (SSSR count). The van der Waals surface area contributed by atoms with E-state index in [0.717, 1.165) is 49.0 Å². The van der Waals surface area contributed by atoms with Gasteiger partial charge in [0, 0.05) is 30.8 Å². The van der Waals surface area contributed by atoms with Gasteiger partial charge in [-0.05, 0) is 49.7 Å². The molecular weight excluding hydrogens is 516 g/mol. The molecule has 1 atom stereocenters. The van der Waals surface area contributed by atoms with Crippen molar-refractivity contribution in [1.29, 1.82) is 0 Å². The highest BCUT2D eigenvalue weighted by Crippen LogP contribution is 2.27. The number of likely N-dealkylation sites (tertiary alicyclic amines) is 1. The lowest BCUT2D eigenvalue weighted by molar-refractivity contribution is -0.159. The van der Waals surface area contributed by atoms with Crippen molar-refractivity contribution in [3.63, 3.8) is 0 Å². The number of carboxylic acids is 4. The Morgan fingerprint density at radius 3 is 1.69 bits per heavy atom. The van der Waals surface area contributed by atoms with Crippen LogP contribution >= 0.6 is 0 Å². The predicted molar refractivity (Wildman–Crippen MR) is 138 cm³/mol. The third kappa shape index (κ3) is 11.7. The first-order chi connectivity index (χ1) is 18.5. The van der Waals surface area contributed by atoms with Crippen molar-refractivity contribution in [3.05, 3.63) is 53.6 Å². The summed E-state index contributed by atoms with van der Waals surface area (Å²) < 4.78 is 16.1. The fourth-order valence-electron chi connectivity index (χ4n) is 3.68. The molecule has 2 aromatic carbocycles. The van der Waals surface area contributed by atoms with Crippen LogP contribution in [0.1, 0.15) is 30.0 Å². The number of carboxylic acid groups (broad SMARTS) is 4. The molecule has 1 heterocycles. The van der Waals surface area contributed by atoms with Crippen LogP contribution in [0.3, 0.4) is 0 Å². The van der Waals surface area contributed by atoms with Gasteiger partial charge in [-0.25, -0.2) is 19.2 Å². The van der Waals surface area contributed by atoms with Crippen molar-refractivity contribution >= 4 is 23.9 Å². The van der Waals surface area contributed by atoms with E-state index in [1.807, 2.05) is 24.3 Å². The first-order valence-electron chi connectivity index (χ1n) is 11.8. The summed E-state index contributed by atoms with van der Waals surface area (Å²) in [7, 11) is 5.07. The molecule has 1 aliphatic heterocycles. The maximum Gasteiger partial charge on any atom is 0.414 e. The van der Waals surface area contributed by atoms with Crippen LogP contribution in [0.25, 0.3) is 0 Å². The smallest absolute Gasteiger partial charge is 0.414 e. The predicted octanol–water partition coefficient (Wildman–Crippen LogP) is 1.95. The van der Waals surface area contributed by atoms with Crippen LogP contribution in [0, 0.1) is 0 Å². The average molecular weight is 551 g/mol. The molecule has 1 aliphatic rings. The number of methoxy groups -OCH3 is 3. The standard InChI is InChI=1S/C22H30N2O3.2C2H2O4/c1-25-19-9-6-17(7-10-19)21(24-12-4-5-13-24)16-23-15-18-8-11-20(26-2)14-22(18)27-3;2*3-1(4)2(5)6/h6-11,14,21,23H,4-5,12-13,15-16H2,1-3H3;2*(H,3,4)(H,5,6). The number of carbonyl (C=O) groups is 4. The van der Waals surface area contributed by atoms with Crippen molar-refractivity contribution in [2.45, 2.75) is 25.4 Å². The van der Waals surface area contributed by atoms with Crippen molar-refractivity contribution in [3.8, 4) is 17.2 Å². The number of hydrogen-bond acceptors (Lipinski definition) is 9. The molecule has 39 heavy (non-hydrogen) atoms. The fraction of sp³-hybridized carbons (Fsp3) is 0.385. The highest BCUT2D eigenvalue weighted by atomic mass is 16.5. The van der Waals surface area contributed by atoms with E-state index in [-0.39, 0.29) is 0 Å². The SMILES string of the molecule is COc1ccc(C(CNCc2ccc(OC)cc2OC)N2CCCC2)cc1.O=C(O)C(=O)O.O=C(O)C(=O)O. The summed E-state index contributed by atoms with van der Waals surface area (Å²) in [5.41, 5.74) is 2.46. The maximum atomic E-state index is 9.10. The van der Waals surface area contributed by atoms with Gasteiger partial charge in [-0.15, -0.1) is 0 Å². The van der Waals surface area contributed by atoms with Crippen LogP contribution in [0.15, 0.2) is 42.5 Å². The van der Waals surface area contributed by atoms with Gasteiger partial charge in [0.1, 0.15) is 17.2 Å². The van der Waals surface area contributed by atoms with Gasteiger partial charge in [0.05, 0.1) is 21.3 Å². The molecule has 0 aliphatic carbocycles. The molecule has 13 heteroatoms. The molecule has 0 amide bonds. The minimum absolute atomic E-state index is 0.364. The van der Waals surface area contributed by atoms with E-state index in [1.165, 1.54) is 18.4 Å². The largest absolute Gasteiger partial charge is 0.497 e. The zero-order valence-electron chi connectivity index (χ0n) is 22.0. The summed E-state index contributed by atoms with van der Waals surface area (Å²) in [6.45, 7) is 3.96. The Morgan fingerprint density at radius 1 is 0.769 bits per heavy atom. The lowest BCUT2D eigenvalue weighted by atomic mass is 10.0. The van der Waals surface area contributed by atoms with Gasteiger partial charge < -0.3 is 40.0 Å². The monoisotopic (exact) mass is 550 g/mol. The minimum atomic E-state index is -1.82. The second kappa shape index (κ2) is 17.2. The van der Waals surface area contributed by atoms with Crippen LogP contribution in [0.5, 0.6) is 17.2 Å². The molecule has 214 valence electrons. The molecule has 13 nitrogen and oxygen atoms in total. The Morgan fingerprint density at radius 2 is 1.26 bits per heavy atom. The van der Waals surface area contributed by atoms with E-state index in [4.69, 9.17) is 53.8 Å². The Bertz CT molecular complexity index is 1040. The molecule has 1 fully saturated rings. The number of ether oxygens (including phenoxy) is 3. The van der Waals surface area contributed by atoms with E-state index >= 15 is 0 Å². The fourth-order valence-corrected chi connectivity index (χ4v) is 3.68. The molecule has 0 saturated carbocycles. The van der Waals surface area contributed by atoms with Gasteiger partial charge in [-0.1, -0.05) is 18.2 Å². The highest BCUT2D eigenvalue weighted by Gasteiger charge is 2.23. The van der Waals surface area contributed by atoms with E-state index in [9.17, 15) is 0 Å². The van der Waals surface area contributed by atoms with Crippen LogP contribution < -0.4 is 19.5 Å². The van der Waals surface area contributed by atoms with E-state index in [2.05, 4.69) is 28.4 Å². The number of rotatable bonds is 9. The molecule has 0 bridgehead atoms. The Balaban J connectivity index is 0.000000530. The Labute approximate surface area is 225 Å². The number of nitrogens with zero attached hydrogens (tertiary/aromatic N) is 1. The van der Waals surface area contributed by atoms with Gasteiger partial charge >= 0.3 is 23.9 Å². The van der Waals surface area contributed by atoms with E-state index in [1.54, 1.807) is 21.3 Å². The Hall–Kier alpha value is -4.36. The van der Waals surface area contributed by atoms with E-state index in [0.29, 0.717) is 6.04 Å². The zero-order chi connectivity index (χ0) is 29.4. The summed E-state index contributed by atoms with van der Waals surface area (Å²) in [6.07, 6.45) is 2.55. The summed E-state index contributed by atoms with van der Waals surface area (Å²) in [5, 5.41) is 33.2. The van der Waals surface area contributed by atoms with Crippen molar-refractivity contribution in [2.75, 3.05) is 41.0 Å². The summed E-state index contributed by atoms with van der Waals surface area (Å²) in [6, 6.07) is 14.8. The number of benzene rings is 2. The molecular formula is C26H34N2O11. The minimum Gasteiger partial charge on any atom is -0.497 e. The number of hydrogen-bond donors (Lipinski definition) is 5. The third-order valence-electron chi connectivity index (χ3n) is 5.60. The van der Waals surface area contributed by atoms with Crippen LogP contribution in [-0.2, 0) is 25.7 Å². The second-order valence-electron chi connectivity index (χ2n) is 8.06. The Kier molecular flexibility index (Phi) is 14.4. The second-order valence-corrected chi connectivity index (χ2v) is 8.06. The number of nitrogens with one attached hydrogen (secondary N) is 1. The van der Waals surface area contributed by atoms with Gasteiger partial charge in [-0.3, -0.25) is 4.90 Å². The molecule has 0 aromatic heterocycles. The topological polar surface area (TPSA) is 192 Å². The first-order valence-corrected chi connectivity index (χ1v) is 11.8. The molecule has 0 spiro atoms. The third-order valence-corrected chi connectivity index (χ3v) is 5.60. The molecule has 0 radical (unpaired) electrons. The normalized spacial score (nSPS) is 13.0. The van der Waals surface area contributed by atoms with Gasteiger partial charge in [0.2, 0.25) is 0 Å². The lowest BCUT2D eigenvalue weighted by Crippen LogP contribution is -2.34. The summed E-state index contributed by atoms with van der Waals surface area (Å²) in [4.78, 5) is 39.0. The average Bonchev–Trinajstić information content (AvgIpc) is 3.46. The lowest BCUT2D eigenvalue weighted by Gasteiger charge is -2.28. The molecule has 1 saturated heterocycles. The summed E-state index contributed by atoms with van der Waals surface area (Å²) >= 11 is 0. The van der Waals surface area contributed by atoms with Crippen LogP contribution in [0.4, 0.5) is 0 Å². The maximum absolute atomic E-state index is 9.10. The number of aliphatic carboxylic acids is 4. The van der Waals surface area contributed by atoms with Gasteiger partial charge in [0.15, 0.2) is 0 Å². The molecule has 2 aromatic rings. The van der Waals surface area contributed by atoms with Crippen molar-refractivity contribution < 1.29 is 53.8 Å². The van der Waals surface area contributed by atoms with Gasteiger partial charge in [0.25, 0.3) is 0 Å². The zero-order valence-corrected chi connectivity index (χ0v) is 22.0. The van der Waals surface area contributed by atoms with E-state index < -0.39 is 23.9 Å². The van der Waals surface area contributed by atoms with Crippen LogP contribution in [0.2, 0.25) is 0 Å². The first kappa shape index (κ1) is 32.7. The van der Waals surface area contributed by atoms with Gasteiger partial charge in [-0.2, -0.15) is 0 Å². The van der Waals surface area contributed by atoms with Crippen molar-refractivity contribution in [1.82, 2.24) is 10.2 Å². The van der Waals surface area contributed by atoms with Crippen LogP contribution in [-0.4, -0.2) is 90.2 Å².